The van der Waals surface area contributed by atoms with Gasteiger partial charge in [0.05, 0.1) is 11.3 Å². The van der Waals surface area contributed by atoms with Crippen LogP contribution in [0.3, 0.4) is 0 Å². The molecular formula is C9H11NO4. The largest absolute Gasteiger partial charge is 0.478 e. The highest BCUT2D eigenvalue weighted by Crippen LogP contribution is 2.22. The molecule has 0 radical (unpaired) electrons. The Bertz CT molecular complexity index is 338. The molecule has 5 heteroatoms. The van der Waals surface area contributed by atoms with Crippen LogP contribution in [-0.4, -0.2) is 25.0 Å². The summed E-state index contributed by atoms with van der Waals surface area (Å²) in [5.74, 6) is -0.709. The van der Waals surface area contributed by atoms with E-state index in [2.05, 4.69) is 4.74 Å². The molecule has 0 fully saturated rings. The van der Waals surface area contributed by atoms with Crippen molar-refractivity contribution >= 4 is 11.7 Å². The fourth-order valence-corrected chi connectivity index (χ4v) is 0.915. The molecular weight excluding hydrogens is 186 g/mol. The number of hydrogen-bond donors (Lipinski definition) is 2. The zero-order valence-electron chi connectivity index (χ0n) is 7.69. The van der Waals surface area contributed by atoms with Crippen molar-refractivity contribution in [3.63, 3.8) is 0 Å². The van der Waals surface area contributed by atoms with Gasteiger partial charge in [0, 0.05) is 7.11 Å². The summed E-state index contributed by atoms with van der Waals surface area (Å²) in [5, 5.41) is 8.70. The molecule has 0 heterocycles. The number of hydrogen-bond acceptors (Lipinski definition) is 4. The van der Waals surface area contributed by atoms with Gasteiger partial charge in [-0.05, 0) is 18.2 Å². The second-order valence-corrected chi connectivity index (χ2v) is 2.61. The molecule has 0 atom stereocenters. The molecule has 76 valence electrons. The van der Waals surface area contributed by atoms with Crippen molar-refractivity contribution in [3.05, 3.63) is 23.8 Å². The average Bonchev–Trinajstić information content (AvgIpc) is 2.16. The van der Waals surface area contributed by atoms with Crippen LogP contribution in [-0.2, 0) is 4.74 Å². The minimum atomic E-state index is -1.02. The monoisotopic (exact) mass is 197 g/mol. The van der Waals surface area contributed by atoms with E-state index in [1.807, 2.05) is 0 Å². The summed E-state index contributed by atoms with van der Waals surface area (Å²) in [6.07, 6.45) is 0. The summed E-state index contributed by atoms with van der Waals surface area (Å²) in [5.41, 5.74) is 6.07. The maximum Gasteiger partial charge on any atom is 0.335 e. The smallest absolute Gasteiger partial charge is 0.335 e. The van der Waals surface area contributed by atoms with Gasteiger partial charge in [-0.3, -0.25) is 0 Å². The molecule has 0 aromatic heterocycles. The first kappa shape index (κ1) is 10.3. The average molecular weight is 197 g/mol. The highest BCUT2D eigenvalue weighted by atomic mass is 16.7. The molecule has 0 aliphatic heterocycles. The number of anilines is 1. The molecule has 0 amide bonds. The summed E-state index contributed by atoms with van der Waals surface area (Å²) in [7, 11) is 1.47. The molecule has 0 saturated heterocycles. The van der Waals surface area contributed by atoms with Crippen LogP contribution in [0, 0.1) is 0 Å². The topological polar surface area (TPSA) is 81.8 Å². The summed E-state index contributed by atoms with van der Waals surface area (Å²) in [6, 6.07) is 4.25. The first-order valence-corrected chi connectivity index (χ1v) is 3.89. The first-order chi connectivity index (χ1) is 6.65. The van der Waals surface area contributed by atoms with Gasteiger partial charge in [0.1, 0.15) is 5.75 Å². The van der Waals surface area contributed by atoms with Gasteiger partial charge in [-0.2, -0.15) is 0 Å². The van der Waals surface area contributed by atoms with E-state index in [0.29, 0.717) is 11.4 Å². The van der Waals surface area contributed by atoms with Crippen LogP contribution in [0.2, 0.25) is 0 Å². The lowest BCUT2D eigenvalue weighted by Gasteiger charge is -2.07. The Morgan fingerprint density at radius 3 is 2.86 bits per heavy atom. The van der Waals surface area contributed by atoms with Crippen molar-refractivity contribution in [2.45, 2.75) is 0 Å². The first-order valence-electron chi connectivity index (χ1n) is 3.89. The Kier molecular flexibility index (Phi) is 3.30. The van der Waals surface area contributed by atoms with Crippen LogP contribution in [0.1, 0.15) is 10.4 Å². The van der Waals surface area contributed by atoms with Gasteiger partial charge in [-0.1, -0.05) is 0 Å². The number of benzene rings is 1. The molecule has 0 aliphatic carbocycles. The number of rotatable bonds is 4. The Morgan fingerprint density at radius 1 is 1.57 bits per heavy atom. The van der Waals surface area contributed by atoms with Gasteiger partial charge in [0.2, 0.25) is 0 Å². The normalized spacial score (nSPS) is 9.79. The quantitative estimate of drug-likeness (QED) is 0.554. The van der Waals surface area contributed by atoms with Crippen molar-refractivity contribution in [2.24, 2.45) is 0 Å². The maximum absolute atomic E-state index is 10.6. The predicted molar refractivity (Wildman–Crippen MR) is 50.3 cm³/mol. The fourth-order valence-electron chi connectivity index (χ4n) is 0.915. The van der Waals surface area contributed by atoms with Gasteiger partial charge < -0.3 is 20.3 Å². The number of nitrogen functional groups attached to an aromatic ring is 1. The van der Waals surface area contributed by atoms with E-state index in [9.17, 15) is 4.79 Å². The Balaban J connectivity index is 2.90. The van der Waals surface area contributed by atoms with E-state index in [0.717, 1.165) is 0 Å². The van der Waals surface area contributed by atoms with Gasteiger partial charge in [0.15, 0.2) is 6.79 Å². The lowest BCUT2D eigenvalue weighted by atomic mass is 10.2. The number of methoxy groups -OCH3 is 1. The minimum absolute atomic E-state index is 0.0350. The number of nitrogens with two attached hydrogens (primary N) is 1. The van der Waals surface area contributed by atoms with E-state index in [-0.39, 0.29) is 12.4 Å². The lowest BCUT2D eigenvalue weighted by molar-refractivity contribution is 0.0513. The Morgan fingerprint density at radius 2 is 2.29 bits per heavy atom. The number of carboxylic acids is 1. The summed E-state index contributed by atoms with van der Waals surface area (Å²) in [6.45, 7) is 0.0350. The number of aromatic carboxylic acids is 1. The summed E-state index contributed by atoms with van der Waals surface area (Å²) >= 11 is 0. The number of ether oxygens (including phenoxy) is 2. The Labute approximate surface area is 81.0 Å². The van der Waals surface area contributed by atoms with E-state index >= 15 is 0 Å². The third kappa shape index (κ3) is 2.37. The van der Waals surface area contributed by atoms with Crippen LogP contribution in [0.25, 0.3) is 0 Å². The van der Waals surface area contributed by atoms with E-state index in [1.54, 1.807) is 0 Å². The zero-order chi connectivity index (χ0) is 10.6. The number of carboxylic acid groups (broad SMARTS) is 1. The standard InChI is InChI=1S/C9H11NO4/c1-13-5-14-8-4-6(9(11)12)2-3-7(8)10/h2-4H,5,10H2,1H3,(H,11,12). The molecule has 0 saturated carbocycles. The van der Waals surface area contributed by atoms with E-state index < -0.39 is 5.97 Å². The van der Waals surface area contributed by atoms with Crippen molar-refractivity contribution in [1.29, 1.82) is 0 Å². The molecule has 0 spiro atoms. The van der Waals surface area contributed by atoms with Crippen molar-refractivity contribution in [2.75, 3.05) is 19.6 Å². The van der Waals surface area contributed by atoms with Gasteiger partial charge in [0.25, 0.3) is 0 Å². The molecule has 14 heavy (non-hydrogen) atoms. The second kappa shape index (κ2) is 4.48. The zero-order valence-corrected chi connectivity index (χ0v) is 7.69. The van der Waals surface area contributed by atoms with Gasteiger partial charge >= 0.3 is 5.97 Å². The van der Waals surface area contributed by atoms with E-state index in [1.165, 1.54) is 25.3 Å². The third-order valence-electron chi connectivity index (χ3n) is 1.59. The van der Waals surface area contributed by atoms with Crippen LogP contribution < -0.4 is 10.5 Å². The predicted octanol–water partition coefficient (Wildman–Crippen LogP) is 0.950. The maximum atomic E-state index is 10.6. The highest BCUT2D eigenvalue weighted by molar-refractivity contribution is 5.88. The molecule has 5 nitrogen and oxygen atoms in total. The minimum Gasteiger partial charge on any atom is -0.478 e. The molecule has 0 bridgehead atoms. The van der Waals surface area contributed by atoms with Gasteiger partial charge in [-0.25, -0.2) is 4.79 Å². The molecule has 1 aromatic carbocycles. The van der Waals surface area contributed by atoms with Crippen molar-refractivity contribution < 1.29 is 19.4 Å². The molecule has 1 rings (SSSR count). The highest BCUT2D eigenvalue weighted by Gasteiger charge is 2.07. The summed E-state index contributed by atoms with van der Waals surface area (Å²) in [4.78, 5) is 10.6. The van der Waals surface area contributed by atoms with Crippen LogP contribution in [0.15, 0.2) is 18.2 Å². The molecule has 1 aromatic rings. The van der Waals surface area contributed by atoms with E-state index in [4.69, 9.17) is 15.6 Å². The second-order valence-electron chi connectivity index (χ2n) is 2.61. The molecule has 0 unspecified atom stereocenters. The van der Waals surface area contributed by atoms with Gasteiger partial charge in [-0.15, -0.1) is 0 Å². The lowest BCUT2D eigenvalue weighted by Crippen LogP contribution is -2.04. The Hall–Kier alpha value is -1.75. The molecule has 0 aliphatic rings. The summed E-state index contributed by atoms with van der Waals surface area (Å²) < 4.78 is 9.74. The van der Waals surface area contributed by atoms with Crippen molar-refractivity contribution in [3.8, 4) is 5.75 Å². The number of carbonyl (C=O) groups is 1. The van der Waals surface area contributed by atoms with Crippen LogP contribution >= 0.6 is 0 Å². The fraction of sp³-hybridized carbons (Fsp3) is 0.222. The van der Waals surface area contributed by atoms with Crippen molar-refractivity contribution in [1.82, 2.24) is 0 Å². The SMILES string of the molecule is COCOc1cc(C(=O)O)ccc1N. The third-order valence-corrected chi connectivity index (χ3v) is 1.59. The van der Waals surface area contributed by atoms with Crippen LogP contribution in [0.4, 0.5) is 5.69 Å². The van der Waals surface area contributed by atoms with Crippen LogP contribution in [0.5, 0.6) is 5.75 Å². The molecule has 3 N–H and O–H groups in total.